The van der Waals surface area contributed by atoms with Crippen LogP contribution >= 0.6 is 0 Å². The SMILES string of the molecule is O=C1CC[C@H](c2ccc(O)c3c2C(=O)[C@@H](O)[C@@H]2O[C@H]32)c2cccc(O)c21. The third-order valence-corrected chi connectivity index (χ3v) is 5.66. The van der Waals surface area contributed by atoms with Crippen molar-refractivity contribution in [3.63, 3.8) is 0 Å². The van der Waals surface area contributed by atoms with Crippen molar-refractivity contribution in [2.24, 2.45) is 0 Å². The highest BCUT2D eigenvalue weighted by atomic mass is 16.6. The topological polar surface area (TPSA) is 107 Å². The molecule has 26 heavy (non-hydrogen) atoms. The van der Waals surface area contributed by atoms with Crippen LogP contribution in [-0.2, 0) is 4.74 Å². The molecular weight excluding hydrogens is 336 g/mol. The number of carbonyl (C=O) groups is 2. The standard InChI is InChI=1S/C20H16O6/c21-11-3-1-2-9-8(4-6-12(22)14(9)11)10-5-7-13(23)16-15(10)17(24)18(25)20-19(16)26-20/h1-3,5,7-8,18-21,23,25H,4,6H2/t8-,18+,19+,20-/m0/s1. The number of aliphatic hydroxyl groups is 1. The Morgan fingerprint density at radius 3 is 2.54 bits per heavy atom. The monoisotopic (exact) mass is 352 g/mol. The summed E-state index contributed by atoms with van der Waals surface area (Å²) in [4.78, 5) is 25.0. The Balaban J connectivity index is 1.74. The maximum absolute atomic E-state index is 12.8. The molecule has 6 nitrogen and oxygen atoms in total. The average molecular weight is 352 g/mol. The third kappa shape index (κ3) is 1.94. The van der Waals surface area contributed by atoms with Gasteiger partial charge in [-0.25, -0.2) is 0 Å². The van der Waals surface area contributed by atoms with E-state index in [0.29, 0.717) is 23.1 Å². The highest BCUT2D eigenvalue weighted by molar-refractivity contribution is 6.06. The van der Waals surface area contributed by atoms with Crippen molar-refractivity contribution in [1.29, 1.82) is 0 Å². The van der Waals surface area contributed by atoms with Crippen molar-refractivity contribution in [2.75, 3.05) is 0 Å². The molecule has 5 rings (SSSR count). The van der Waals surface area contributed by atoms with E-state index in [4.69, 9.17) is 4.74 Å². The summed E-state index contributed by atoms with van der Waals surface area (Å²) in [6, 6.07) is 8.11. The number of phenolic OH excluding ortho intramolecular Hbond substituents is 2. The Bertz CT molecular complexity index is 979. The van der Waals surface area contributed by atoms with Crippen LogP contribution in [0, 0.1) is 0 Å². The summed E-state index contributed by atoms with van der Waals surface area (Å²) in [5.41, 5.74) is 2.30. The number of aromatic hydroxyl groups is 2. The lowest BCUT2D eigenvalue weighted by Gasteiger charge is -2.29. The number of carbonyl (C=O) groups excluding carboxylic acids is 2. The van der Waals surface area contributed by atoms with Crippen LogP contribution in [0.4, 0.5) is 0 Å². The molecule has 4 atom stereocenters. The van der Waals surface area contributed by atoms with Crippen molar-refractivity contribution in [2.45, 2.75) is 37.1 Å². The molecule has 2 aromatic rings. The number of ketones is 2. The van der Waals surface area contributed by atoms with Crippen molar-refractivity contribution < 1.29 is 29.6 Å². The number of Topliss-reactive ketones (excluding diaryl/α,β-unsaturated/α-hetero) is 2. The first kappa shape index (κ1) is 15.5. The molecule has 0 bridgehead atoms. The van der Waals surface area contributed by atoms with Gasteiger partial charge in [0.1, 0.15) is 29.8 Å². The number of benzene rings is 2. The lowest BCUT2D eigenvalue weighted by atomic mass is 9.73. The summed E-state index contributed by atoms with van der Waals surface area (Å²) >= 11 is 0. The zero-order chi connectivity index (χ0) is 18.2. The number of hydrogen-bond acceptors (Lipinski definition) is 6. The number of rotatable bonds is 1. The minimum Gasteiger partial charge on any atom is -0.508 e. The van der Waals surface area contributed by atoms with Crippen LogP contribution in [0.15, 0.2) is 30.3 Å². The van der Waals surface area contributed by atoms with Crippen LogP contribution < -0.4 is 0 Å². The van der Waals surface area contributed by atoms with Crippen LogP contribution in [0.1, 0.15) is 62.3 Å². The summed E-state index contributed by atoms with van der Waals surface area (Å²) in [5, 5.41) is 30.6. The second-order valence-corrected chi connectivity index (χ2v) is 7.05. The number of epoxide rings is 1. The molecule has 1 heterocycles. The van der Waals surface area contributed by atoms with Gasteiger partial charge in [-0.15, -0.1) is 0 Å². The number of aliphatic hydroxyl groups excluding tert-OH is 1. The highest BCUT2D eigenvalue weighted by Crippen LogP contribution is 2.53. The van der Waals surface area contributed by atoms with Crippen molar-refractivity contribution in [3.05, 3.63) is 58.1 Å². The summed E-state index contributed by atoms with van der Waals surface area (Å²) in [5.74, 6) is -0.973. The van der Waals surface area contributed by atoms with Gasteiger partial charge < -0.3 is 20.1 Å². The molecule has 132 valence electrons. The van der Waals surface area contributed by atoms with Crippen molar-refractivity contribution in [1.82, 2.24) is 0 Å². The second kappa shape index (κ2) is 5.16. The minimum absolute atomic E-state index is 0.0282. The molecule has 0 radical (unpaired) electrons. The summed E-state index contributed by atoms with van der Waals surface area (Å²) in [7, 11) is 0. The number of hydrogen-bond donors (Lipinski definition) is 3. The summed E-state index contributed by atoms with van der Waals surface area (Å²) < 4.78 is 5.39. The predicted molar refractivity (Wildman–Crippen MR) is 89.6 cm³/mol. The molecule has 3 N–H and O–H groups in total. The van der Waals surface area contributed by atoms with E-state index in [9.17, 15) is 24.9 Å². The maximum Gasteiger partial charge on any atom is 0.194 e. The van der Waals surface area contributed by atoms with Gasteiger partial charge in [-0.3, -0.25) is 9.59 Å². The molecule has 0 saturated carbocycles. The first-order valence-electron chi connectivity index (χ1n) is 8.57. The molecule has 6 heteroatoms. The average Bonchev–Trinajstić information content (AvgIpc) is 3.41. The molecule has 3 aliphatic rings. The normalized spacial score (nSPS) is 29.0. The van der Waals surface area contributed by atoms with Crippen LogP contribution in [0.3, 0.4) is 0 Å². The Morgan fingerprint density at radius 2 is 1.73 bits per heavy atom. The fourth-order valence-corrected chi connectivity index (χ4v) is 4.40. The van der Waals surface area contributed by atoms with Gasteiger partial charge >= 0.3 is 0 Å². The Morgan fingerprint density at radius 1 is 0.962 bits per heavy atom. The molecule has 2 aliphatic carbocycles. The number of fused-ring (bicyclic) bond motifs is 4. The van der Waals surface area contributed by atoms with Crippen LogP contribution in [0.2, 0.25) is 0 Å². The van der Waals surface area contributed by atoms with Gasteiger partial charge in [0.25, 0.3) is 0 Å². The van der Waals surface area contributed by atoms with Gasteiger partial charge in [-0.2, -0.15) is 0 Å². The molecule has 1 aliphatic heterocycles. The molecule has 0 spiro atoms. The number of ether oxygens (including phenoxy) is 1. The molecule has 0 unspecified atom stereocenters. The lowest BCUT2D eigenvalue weighted by Crippen LogP contribution is -2.33. The van der Waals surface area contributed by atoms with E-state index < -0.39 is 24.1 Å². The fourth-order valence-electron chi connectivity index (χ4n) is 4.40. The van der Waals surface area contributed by atoms with Crippen LogP contribution in [0.5, 0.6) is 11.5 Å². The van der Waals surface area contributed by atoms with Gasteiger partial charge in [-0.05, 0) is 29.7 Å². The quantitative estimate of drug-likeness (QED) is 0.679. The molecule has 0 amide bonds. The second-order valence-electron chi connectivity index (χ2n) is 7.05. The maximum atomic E-state index is 12.8. The van der Waals surface area contributed by atoms with E-state index in [0.717, 1.165) is 0 Å². The Kier molecular flexibility index (Phi) is 3.08. The molecule has 0 aromatic heterocycles. The molecule has 1 fully saturated rings. The summed E-state index contributed by atoms with van der Waals surface area (Å²) in [6.45, 7) is 0. The van der Waals surface area contributed by atoms with E-state index >= 15 is 0 Å². The Hall–Kier alpha value is -2.70. The van der Waals surface area contributed by atoms with Crippen molar-refractivity contribution >= 4 is 11.6 Å². The largest absolute Gasteiger partial charge is 0.508 e. The van der Waals surface area contributed by atoms with Crippen LogP contribution in [0.25, 0.3) is 0 Å². The smallest absolute Gasteiger partial charge is 0.194 e. The molecular formula is C20H16O6. The highest BCUT2D eigenvalue weighted by Gasteiger charge is 2.56. The van der Waals surface area contributed by atoms with E-state index in [-0.39, 0.29) is 40.7 Å². The zero-order valence-corrected chi connectivity index (χ0v) is 13.7. The van der Waals surface area contributed by atoms with E-state index in [1.54, 1.807) is 18.2 Å². The van der Waals surface area contributed by atoms with Gasteiger partial charge in [-0.1, -0.05) is 18.2 Å². The van der Waals surface area contributed by atoms with E-state index in [1.807, 2.05) is 0 Å². The lowest BCUT2D eigenvalue weighted by molar-refractivity contribution is 0.0679. The van der Waals surface area contributed by atoms with E-state index in [1.165, 1.54) is 12.1 Å². The predicted octanol–water partition coefficient (Wildman–Crippen LogP) is 2.20. The molecule has 1 saturated heterocycles. The third-order valence-electron chi connectivity index (χ3n) is 5.66. The summed E-state index contributed by atoms with van der Waals surface area (Å²) in [6.07, 6.45) is -1.58. The van der Waals surface area contributed by atoms with Crippen LogP contribution in [-0.4, -0.2) is 39.1 Å². The first-order valence-corrected chi connectivity index (χ1v) is 8.57. The van der Waals surface area contributed by atoms with Crippen molar-refractivity contribution in [3.8, 4) is 11.5 Å². The fraction of sp³-hybridized carbons (Fsp3) is 0.300. The van der Waals surface area contributed by atoms with Gasteiger partial charge in [0.2, 0.25) is 0 Å². The Labute approximate surface area is 148 Å². The molecule has 2 aromatic carbocycles. The zero-order valence-electron chi connectivity index (χ0n) is 13.7. The number of phenols is 2. The van der Waals surface area contributed by atoms with Gasteiger partial charge in [0.05, 0.1) is 5.56 Å². The van der Waals surface area contributed by atoms with Gasteiger partial charge in [0.15, 0.2) is 11.6 Å². The first-order chi connectivity index (χ1) is 12.5. The minimum atomic E-state index is -1.25. The van der Waals surface area contributed by atoms with E-state index in [2.05, 4.69) is 0 Å². The van der Waals surface area contributed by atoms with Gasteiger partial charge in [0, 0.05) is 23.5 Å².